The smallest absolute Gasteiger partial charge is 0.319 e. The lowest BCUT2D eigenvalue weighted by atomic mass is 10.2. The standard InChI is InChI=1S/C12H15N3O2S/c1-15-6-5-13-12(15)11(9-4-3-7-18-9)14-8-10(16)17-2/h3-7,11,14H,8H2,1-2H3. The maximum Gasteiger partial charge on any atom is 0.319 e. The quantitative estimate of drug-likeness (QED) is 0.829. The second kappa shape index (κ2) is 5.79. The number of rotatable bonds is 5. The fraction of sp³-hybridized carbons (Fsp3) is 0.333. The van der Waals surface area contributed by atoms with E-state index in [1.165, 1.54) is 7.11 Å². The molecular formula is C12H15N3O2S. The van der Waals surface area contributed by atoms with Crippen LogP contribution in [0.2, 0.25) is 0 Å². The molecule has 0 saturated carbocycles. The van der Waals surface area contributed by atoms with Crippen molar-refractivity contribution in [1.29, 1.82) is 0 Å². The van der Waals surface area contributed by atoms with Gasteiger partial charge in [-0.25, -0.2) is 4.98 Å². The van der Waals surface area contributed by atoms with Crippen molar-refractivity contribution in [3.8, 4) is 0 Å². The summed E-state index contributed by atoms with van der Waals surface area (Å²) in [6.45, 7) is 0.159. The summed E-state index contributed by atoms with van der Waals surface area (Å²) in [5.74, 6) is 0.590. The first kappa shape index (κ1) is 12.8. The van der Waals surface area contributed by atoms with Crippen LogP contribution in [0.25, 0.3) is 0 Å². The lowest BCUT2D eigenvalue weighted by Gasteiger charge is -2.16. The number of hydrogen-bond donors (Lipinski definition) is 1. The number of nitrogens with zero attached hydrogens (tertiary/aromatic N) is 2. The Hall–Kier alpha value is -1.66. The third kappa shape index (κ3) is 2.77. The Morgan fingerprint density at radius 1 is 1.67 bits per heavy atom. The molecule has 0 radical (unpaired) electrons. The molecule has 1 unspecified atom stereocenters. The van der Waals surface area contributed by atoms with Gasteiger partial charge in [-0.3, -0.25) is 10.1 Å². The predicted molar refractivity (Wildman–Crippen MR) is 69.4 cm³/mol. The summed E-state index contributed by atoms with van der Waals surface area (Å²) >= 11 is 1.63. The molecule has 18 heavy (non-hydrogen) atoms. The van der Waals surface area contributed by atoms with Crippen molar-refractivity contribution in [2.24, 2.45) is 7.05 Å². The largest absolute Gasteiger partial charge is 0.468 e. The number of thiophene rings is 1. The minimum Gasteiger partial charge on any atom is -0.468 e. The van der Waals surface area contributed by atoms with Crippen molar-refractivity contribution in [2.45, 2.75) is 6.04 Å². The van der Waals surface area contributed by atoms with E-state index in [9.17, 15) is 4.79 Å². The van der Waals surface area contributed by atoms with Crippen LogP contribution in [0.4, 0.5) is 0 Å². The molecule has 0 spiro atoms. The highest BCUT2D eigenvalue weighted by Gasteiger charge is 2.19. The Kier molecular flexibility index (Phi) is 4.11. The second-order valence-corrected chi connectivity index (χ2v) is 4.78. The lowest BCUT2D eigenvalue weighted by molar-refractivity contribution is -0.139. The van der Waals surface area contributed by atoms with Gasteiger partial charge in [0.1, 0.15) is 11.9 Å². The first-order valence-electron chi connectivity index (χ1n) is 5.53. The molecule has 1 atom stereocenters. The van der Waals surface area contributed by atoms with Crippen LogP contribution in [-0.2, 0) is 16.6 Å². The average molecular weight is 265 g/mol. The van der Waals surface area contributed by atoms with Crippen LogP contribution in [0.1, 0.15) is 16.7 Å². The molecule has 2 heterocycles. The fourth-order valence-electron chi connectivity index (χ4n) is 1.69. The molecule has 1 N–H and O–H groups in total. The van der Waals surface area contributed by atoms with Crippen LogP contribution in [-0.4, -0.2) is 29.2 Å². The minimum absolute atomic E-state index is 0.0934. The zero-order chi connectivity index (χ0) is 13.0. The third-order valence-corrected chi connectivity index (χ3v) is 3.56. The van der Waals surface area contributed by atoms with Gasteiger partial charge in [-0.15, -0.1) is 11.3 Å². The summed E-state index contributed by atoms with van der Waals surface area (Å²) in [4.78, 5) is 16.7. The SMILES string of the molecule is COC(=O)CNC(c1cccs1)c1nccn1C. The number of imidazole rings is 1. The van der Waals surface area contributed by atoms with E-state index in [4.69, 9.17) is 0 Å². The first-order chi connectivity index (χ1) is 8.72. The van der Waals surface area contributed by atoms with Crippen LogP contribution < -0.4 is 5.32 Å². The van der Waals surface area contributed by atoms with Gasteiger partial charge in [0.05, 0.1) is 13.7 Å². The summed E-state index contributed by atoms with van der Waals surface area (Å²) in [7, 11) is 3.31. The van der Waals surface area contributed by atoms with E-state index in [0.29, 0.717) is 0 Å². The van der Waals surface area contributed by atoms with E-state index in [1.54, 1.807) is 17.5 Å². The molecule has 6 heteroatoms. The molecule has 2 aromatic heterocycles. The maximum atomic E-state index is 11.2. The first-order valence-corrected chi connectivity index (χ1v) is 6.41. The number of hydrogen-bond acceptors (Lipinski definition) is 5. The Bertz CT molecular complexity index is 507. The molecule has 96 valence electrons. The normalized spacial score (nSPS) is 12.3. The molecular weight excluding hydrogens is 250 g/mol. The Morgan fingerprint density at radius 2 is 2.50 bits per heavy atom. The molecule has 0 aromatic carbocycles. The molecule has 0 bridgehead atoms. The van der Waals surface area contributed by atoms with Gasteiger partial charge in [-0.05, 0) is 11.4 Å². The number of esters is 1. The van der Waals surface area contributed by atoms with E-state index in [2.05, 4.69) is 15.0 Å². The maximum absolute atomic E-state index is 11.2. The highest BCUT2D eigenvalue weighted by molar-refractivity contribution is 7.10. The second-order valence-electron chi connectivity index (χ2n) is 3.80. The molecule has 0 saturated heterocycles. The number of carbonyl (C=O) groups is 1. The Labute approximate surface area is 109 Å². The van der Waals surface area contributed by atoms with Crippen molar-refractivity contribution in [3.63, 3.8) is 0 Å². The third-order valence-electron chi connectivity index (χ3n) is 2.62. The van der Waals surface area contributed by atoms with Gasteiger partial charge >= 0.3 is 5.97 Å². The monoisotopic (exact) mass is 265 g/mol. The summed E-state index contributed by atoms with van der Waals surface area (Å²) in [5, 5.41) is 5.17. The zero-order valence-electron chi connectivity index (χ0n) is 10.3. The predicted octanol–water partition coefficient (Wildman–Crippen LogP) is 1.33. The molecule has 2 aromatic rings. The number of ether oxygens (including phenoxy) is 1. The average Bonchev–Trinajstić information content (AvgIpc) is 3.02. The van der Waals surface area contributed by atoms with Crippen molar-refractivity contribution in [1.82, 2.24) is 14.9 Å². The van der Waals surface area contributed by atoms with Crippen molar-refractivity contribution >= 4 is 17.3 Å². The molecule has 5 nitrogen and oxygen atoms in total. The van der Waals surface area contributed by atoms with Crippen LogP contribution in [0, 0.1) is 0 Å². The van der Waals surface area contributed by atoms with E-state index >= 15 is 0 Å². The number of carbonyl (C=O) groups excluding carboxylic acids is 1. The molecule has 0 aliphatic heterocycles. The molecule has 0 fully saturated rings. The molecule has 0 aliphatic rings. The van der Waals surface area contributed by atoms with Gasteiger partial charge in [-0.2, -0.15) is 0 Å². The highest BCUT2D eigenvalue weighted by Crippen LogP contribution is 2.24. The Balaban J connectivity index is 2.19. The van der Waals surface area contributed by atoms with Gasteiger partial charge in [-0.1, -0.05) is 6.07 Å². The van der Waals surface area contributed by atoms with Crippen LogP contribution in [0.3, 0.4) is 0 Å². The lowest BCUT2D eigenvalue weighted by Crippen LogP contribution is -2.30. The highest BCUT2D eigenvalue weighted by atomic mass is 32.1. The molecule has 0 aliphatic carbocycles. The summed E-state index contributed by atoms with van der Waals surface area (Å²) < 4.78 is 6.58. The minimum atomic E-state index is -0.286. The van der Waals surface area contributed by atoms with Gasteiger partial charge in [0, 0.05) is 24.3 Å². The van der Waals surface area contributed by atoms with E-state index in [0.717, 1.165) is 10.7 Å². The van der Waals surface area contributed by atoms with Gasteiger partial charge < -0.3 is 9.30 Å². The van der Waals surface area contributed by atoms with E-state index < -0.39 is 0 Å². The van der Waals surface area contributed by atoms with E-state index in [1.807, 2.05) is 35.3 Å². The Morgan fingerprint density at radius 3 is 3.06 bits per heavy atom. The number of methoxy groups -OCH3 is 1. The van der Waals surface area contributed by atoms with Gasteiger partial charge in [0.15, 0.2) is 0 Å². The number of aryl methyl sites for hydroxylation is 1. The van der Waals surface area contributed by atoms with Gasteiger partial charge in [0.25, 0.3) is 0 Å². The summed E-state index contributed by atoms with van der Waals surface area (Å²) in [6, 6.07) is 3.91. The number of aromatic nitrogens is 2. The topological polar surface area (TPSA) is 56.1 Å². The van der Waals surface area contributed by atoms with Crippen LogP contribution in [0.15, 0.2) is 29.9 Å². The van der Waals surface area contributed by atoms with Crippen LogP contribution in [0.5, 0.6) is 0 Å². The fourth-order valence-corrected chi connectivity index (χ4v) is 2.48. The number of nitrogens with one attached hydrogen (secondary N) is 1. The molecule has 0 amide bonds. The van der Waals surface area contributed by atoms with Gasteiger partial charge in [0.2, 0.25) is 0 Å². The zero-order valence-corrected chi connectivity index (χ0v) is 11.1. The summed E-state index contributed by atoms with van der Waals surface area (Å²) in [6.07, 6.45) is 3.63. The van der Waals surface area contributed by atoms with Crippen molar-refractivity contribution < 1.29 is 9.53 Å². The summed E-state index contributed by atoms with van der Waals surface area (Å²) in [5.41, 5.74) is 0. The van der Waals surface area contributed by atoms with Crippen molar-refractivity contribution in [2.75, 3.05) is 13.7 Å². The van der Waals surface area contributed by atoms with E-state index in [-0.39, 0.29) is 18.6 Å². The molecule has 2 rings (SSSR count). The van der Waals surface area contributed by atoms with Crippen LogP contribution >= 0.6 is 11.3 Å². The van der Waals surface area contributed by atoms with Crippen molar-refractivity contribution in [3.05, 3.63) is 40.6 Å².